The molecule has 0 saturated carbocycles. The van der Waals surface area contributed by atoms with Crippen LogP contribution in [0.15, 0.2) is 18.2 Å². The van der Waals surface area contributed by atoms with Crippen LogP contribution in [0.3, 0.4) is 0 Å². The number of methoxy groups -OCH3 is 2. The van der Waals surface area contributed by atoms with Crippen LogP contribution in [0.1, 0.15) is 18.6 Å². The monoisotopic (exact) mass is 211 g/mol. The molecule has 0 aliphatic carbocycles. The first-order chi connectivity index (χ1) is 7.11. The third kappa shape index (κ3) is 2.40. The summed E-state index contributed by atoms with van der Waals surface area (Å²) in [5.74, 6) is 1.12. The SMILES string of the molecule is COc1cccc(C(O)C(C)N)c1OC. The number of ether oxygens (including phenoxy) is 2. The highest BCUT2D eigenvalue weighted by molar-refractivity contribution is 5.47. The minimum atomic E-state index is -0.755. The van der Waals surface area contributed by atoms with Gasteiger partial charge in [0.25, 0.3) is 0 Å². The fraction of sp³-hybridized carbons (Fsp3) is 0.455. The lowest BCUT2D eigenvalue weighted by molar-refractivity contribution is 0.148. The van der Waals surface area contributed by atoms with Gasteiger partial charge >= 0.3 is 0 Å². The molecule has 0 fully saturated rings. The van der Waals surface area contributed by atoms with Crippen molar-refractivity contribution in [2.45, 2.75) is 19.1 Å². The second-order valence-corrected chi connectivity index (χ2v) is 3.39. The van der Waals surface area contributed by atoms with Crippen LogP contribution in [0.4, 0.5) is 0 Å². The predicted molar refractivity (Wildman–Crippen MR) is 58.2 cm³/mol. The Morgan fingerprint density at radius 3 is 2.40 bits per heavy atom. The molecule has 1 rings (SSSR count). The molecule has 84 valence electrons. The van der Waals surface area contributed by atoms with Gasteiger partial charge in [-0.15, -0.1) is 0 Å². The molecule has 0 saturated heterocycles. The van der Waals surface area contributed by atoms with E-state index in [1.165, 1.54) is 7.11 Å². The first-order valence-corrected chi connectivity index (χ1v) is 4.76. The molecular weight excluding hydrogens is 194 g/mol. The van der Waals surface area contributed by atoms with Gasteiger partial charge in [0.05, 0.1) is 20.3 Å². The van der Waals surface area contributed by atoms with Crippen molar-refractivity contribution in [2.75, 3.05) is 14.2 Å². The topological polar surface area (TPSA) is 64.7 Å². The van der Waals surface area contributed by atoms with Crippen LogP contribution in [0.2, 0.25) is 0 Å². The maximum atomic E-state index is 9.87. The van der Waals surface area contributed by atoms with Crippen molar-refractivity contribution in [1.29, 1.82) is 0 Å². The van der Waals surface area contributed by atoms with E-state index < -0.39 is 6.10 Å². The van der Waals surface area contributed by atoms with E-state index in [4.69, 9.17) is 15.2 Å². The number of aliphatic hydroxyl groups excluding tert-OH is 1. The largest absolute Gasteiger partial charge is 0.493 e. The molecule has 3 N–H and O–H groups in total. The number of aliphatic hydroxyl groups is 1. The molecule has 4 nitrogen and oxygen atoms in total. The summed E-state index contributed by atoms with van der Waals surface area (Å²) < 4.78 is 10.3. The van der Waals surface area contributed by atoms with Gasteiger partial charge in [-0.2, -0.15) is 0 Å². The molecule has 2 atom stereocenters. The Balaban J connectivity index is 3.16. The highest BCUT2D eigenvalue weighted by atomic mass is 16.5. The normalized spacial score (nSPS) is 14.5. The van der Waals surface area contributed by atoms with Crippen molar-refractivity contribution in [3.63, 3.8) is 0 Å². The second-order valence-electron chi connectivity index (χ2n) is 3.39. The summed E-state index contributed by atoms with van der Waals surface area (Å²) in [5.41, 5.74) is 6.28. The number of hydrogen-bond acceptors (Lipinski definition) is 4. The zero-order valence-corrected chi connectivity index (χ0v) is 9.23. The minimum Gasteiger partial charge on any atom is -0.493 e. The Morgan fingerprint density at radius 2 is 1.93 bits per heavy atom. The summed E-state index contributed by atoms with van der Waals surface area (Å²) in [6.07, 6.45) is -0.755. The molecule has 1 aromatic rings. The lowest BCUT2D eigenvalue weighted by atomic mass is 10.0. The maximum Gasteiger partial charge on any atom is 0.166 e. The molecule has 1 aromatic carbocycles. The van der Waals surface area contributed by atoms with Gasteiger partial charge in [0, 0.05) is 11.6 Å². The fourth-order valence-corrected chi connectivity index (χ4v) is 1.43. The Hall–Kier alpha value is -1.26. The molecule has 0 amide bonds. The Labute approximate surface area is 89.6 Å². The van der Waals surface area contributed by atoms with E-state index in [1.807, 2.05) is 0 Å². The summed E-state index contributed by atoms with van der Waals surface area (Å²) in [7, 11) is 3.09. The number of hydrogen-bond donors (Lipinski definition) is 2. The van der Waals surface area contributed by atoms with Crippen LogP contribution < -0.4 is 15.2 Å². The van der Waals surface area contributed by atoms with Crippen LogP contribution in [0.25, 0.3) is 0 Å². The van der Waals surface area contributed by atoms with Crippen molar-refractivity contribution >= 4 is 0 Å². The maximum absolute atomic E-state index is 9.87. The molecule has 0 bridgehead atoms. The van der Waals surface area contributed by atoms with Gasteiger partial charge in [-0.1, -0.05) is 12.1 Å². The van der Waals surface area contributed by atoms with E-state index in [2.05, 4.69) is 0 Å². The first-order valence-electron chi connectivity index (χ1n) is 4.76. The lowest BCUT2D eigenvalue weighted by Gasteiger charge is -2.19. The van der Waals surface area contributed by atoms with Gasteiger partial charge in [0.2, 0.25) is 0 Å². The highest BCUT2D eigenvalue weighted by Gasteiger charge is 2.19. The second kappa shape index (κ2) is 5.00. The number of nitrogens with two attached hydrogens (primary N) is 1. The van der Waals surface area contributed by atoms with E-state index in [-0.39, 0.29) is 6.04 Å². The number of para-hydroxylation sites is 1. The molecule has 0 aliphatic rings. The fourth-order valence-electron chi connectivity index (χ4n) is 1.43. The van der Waals surface area contributed by atoms with E-state index in [9.17, 15) is 5.11 Å². The lowest BCUT2D eigenvalue weighted by Crippen LogP contribution is -2.24. The van der Waals surface area contributed by atoms with E-state index >= 15 is 0 Å². The summed E-state index contributed by atoms with van der Waals surface area (Å²) in [4.78, 5) is 0. The van der Waals surface area contributed by atoms with Crippen molar-refractivity contribution in [3.8, 4) is 11.5 Å². The molecule has 4 heteroatoms. The summed E-state index contributed by atoms with van der Waals surface area (Å²) in [5, 5.41) is 9.87. The highest BCUT2D eigenvalue weighted by Crippen LogP contribution is 2.35. The molecule has 0 spiro atoms. The van der Waals surface area contributed by atoms with Crippen molar-refractivity contribution < 1.29 is 14.6 Å². The smallest absolute Gasteiger partial charge is 0.166 e. The summed E-state index contributed by atoms with van der Waals surface area (Å²) >= 11 is 0. The molecule has 0 heterocycles. The van der Waals surface area contributed by atoms with E-state index in [0.717, 1.165) is 0 Å². The average molecular weight is 211 g/mol. The van der Waals surface area contributed by atoms with Crippen molar-refractivity contribution in [2.24, 2.45) is 5.73 Å². The number of benzene rings is 1. The zero-order chi connectivity index (χ0) is 11.4. The predicted octanol–water partition coefficient (Wildman–Crippen LogP) is 1.08. The number of rotatable bonds is 4. The van der Waals surface area contributed by atoms with Gasteiger partial charge in [-0.05, 0) is 13.0 Å². The van der Waals surface area contributed by atoms with Crippen LogP contribution in [0.5, 0.6) is 11.5 Å². The van der Waals surface area contributed by atoms with Crippen molar-refractivity contribution in [1.82, 2.24) is 0 Å². The molecular formula is C11H17NO3. The third-order valence-electron chi connectivity index (χ3n) is 2.25. The molecule has 0 aliphatic heterocycles. The van der Waals surface area contributed by atoms with Gasteiger partial charge < -0.3 is 20.3 Å². The van der Waals surface area contributed by atoms with Crippen LogP contribution in [-0.4, -0.2) is 25.4 Å². The van der Waals surface area contributed by atoms with Gasteiger partial charge in [0.1, 0.15) is 0 Å². The standard InChI is InChI=1S/C11H17NO3/c1-7(12)10(13)8-5-4-6-9(14-2)11(8)15-3/h4-7,10,13H,12H2,1-3H3. The van der Waals surface area contributed by atoms with E-state index in [1.54, 1.807) is 32.2 Å². The van der Waals surface area contributed by atoms with Crippen LogP contribution in [-0.2, 0) is 0 Å². The third-order valence-corrected chi connectivity index (χ3v) is 2.25. The van der Waals surface area contributed by atoms with Crippen LogP contribution in [0, 0.1) is 0 Å². The summed E-state index contributed by atoms with van der Waals surface area (Å²) in [6, 6.07) is 4.99. The van der Waals surface area contributed by atoms with E-state index in [0.29, 0.717) is 17.1 Å². The van der Waals surface area contributed by atoms with Crippen LogP contribution >= 0.6 is 0 Å². The molecule has 0 aromatic heterocycles. The van der Waals surface area contributed by atoms with Gasteiger partial charge in [-0.25, -0.2) is 0 Å². The molecule has 0 radical (unpaired) electrons. The Bertz CT molecular complexity index is 326. The molecule has 2 unspecified atom stereocenters. The summed E-state index contributed by atoms with van der Waals surface area (Å²) in [6.45, 7) is 1.74. The minimum absolute atomic E-state index is 0.356. The Kier molecular flexibility index (Phi) is 3.94. The first kappa shape index (κ1) is 11.8. The van der Waals surface area contributed by atoms with Crippen molar-refractivity contribution in [3.05, 3.63) is 23.8 Å². The Morgan fingerprint density at radius 1 is 1.27 bits per heavy atom. The average Bonchev–Trinajstić information content (AvgIpc) is 2.26. The quantitative estimate of drug-likeness (QED) is 0.782. The van der Waals surface area contributed by atoms with Gasteiger partial charge in [0.15, 0.2) is 11.5 Å². The molecule has 15 heavy (non-hydrogen) atoms. The zero-order valence-electron chi connectivity index (χ0n) is 9.23. The van der Waals surface area contributed by atoms with Gasteiger partial charge in [-0.3, -0.25) is 0 Å².